The summed E-state index contributed by atoms with van der Waals surface area (Å²) in [6.07, 6.45) is 0. The van der Waals surface area contributed by atoms with E-state index in [1.54, 1.807) is 0 Å². The lowest BCUT2D eigenvalue weighted by Gasteiger charge is -2.19. The molecule has 0 aromatic heterocycles. The number of nitrogens with one attached hydrogen (secondary N) is 1. The van der Waals surface area contributed by atoms with Gasteiger partial charge in [-0.25, -0.2) is 0 Å². The first kappa shape index (κ1) is 17.8. The second kappa shape index (κ2) is 8.27. The van der Waals surface area contributed by atoms with E-state index in [0.29, 0.717) is 0 Å². The fourth-order valence-corrected chi connectivity index (χ4v) is 1.76. The highest BCUT2D eigenvalue weighted by Crippen LogP contribution is 2.26. The van der Waals surface area contributed by atoms with Crippen LogP contribution in [0.4, 0.5) is 11.4 Å². The molecule has 0 heterocycles. The number of nitro groups is 1. The van der Waals surface area contributed by atoms with Crippen LogP contribution >= 0.6 is 11.6 Å². The number of halogens is 1. The van der Waals surface area contributed by atoms with Crippen LogP contribution in [-0.4, -0.2) is 58.2 Å². The highest BCUT2D eigenvalue weighted by molar-refractivity contribution is 6.41. The summed E-state index contributed by atoms with van der Waals surface area (Å²) in [4.78, 5) is 34.7. The van der Waals surface area contributed by atoms with E-state index in [4.69, 9.17) is 21.8 Å². The van der Waals surface area contributed by atoms with Crippen LogP contribution in [0.5, 0.6) is 0 Å². The molecule has 1 rings (SSSR count). The smallest absolute Gasteiger partial charge is 0.313 e. The number of aliphatic hydroxyl groups excluding tert-OH is 2. The number of carbonyl (C=O) groups is 2. The van der Waals surface area contributed by atoms with Gasteiger partial charge in [0.1, 0.15) is 0 Å². The summed E-state index contributed by atoms with van der Waals surface area (Å²) in [6.45, 7) is -1.02. The molecule has 2 amide bonds. The molecule has 10 heteroatoms. The van der Waals surface area contributed by atoms with Gasteiger partial charge in [-0.3, -0.25) is 19.7 Å². The fourth-order valence-electron chi connectivity index (χ4n) is 1.60. The molecule has 0 unspecified atom stereocenters. The second-order valence-corrected chi connectivity index (χ2v) is 4.52. The highest BCUT2D eigenvalue weighted by Gasteiger charge is 2.22. The average Bonchev–Trinajstić information content (AvgIpc) is 2.48. The van der Waals surface area contributed by atoms with Gasteiger partial charge in [0.2, 0.25) is 0 Å². The topological polar surface area (TPSA) is 133 Å². The van der Waals surface area contributed by atoms with Crippen molar-refractivity contribution < 1.29 is 24.7 Å². The number of benzene rings is 1. The summed E-state index contributed by atoms with van der Waals surface area (Å²) in [7, 11) is 0. The molecule has 1 aromatic carbocycles. The predicted octanol–water partition coefficient (Wildman–Crippen LogP) is -0.0001000. The number of anilines is 1. The number of aliphatic hydroxyl groups is 2. The highest BCUT2D eigenvalue weighted by atomic mass is 35.5. The van der Waals surface area contributed by atoms with E-state index in [2.05, 4.69) is 5.32 Å². The fraction of sp³-hybridized carbons (Fsp3) is 0.333. The molecule has 9 nitrogen and oxygen atoms in total. The third-order valence-corrected chi connectivity index (χ3v) is 2.96. The van der Waals surface area contributed by atoms with Gasteiger partial charge in [-0.05, 0) is 6.07 Å². The molecule has 120 valence electrons. The van der Waals surface area contributed by atoms with Crippen molar-refractivity contribution in [1.29, 1.82) is 0 Å². The van der Waals surface area contributed by atoms with Gasteiger partial charge in [0, 0.05) is 25.2 Å². The number of hydrogen-bond donors (Lipinski definition) is 3. The van der Waals surface area contributed by atoms with Crippen molar-refractivity contribution in [3.05, 3.63) is 33.3 Å². The predicted molar refractivity (Wildman–Crippen MR) is 77.5 cm³/mol. The number of nitro benzene ring substituents is 1. The maximum atomic E-state index is 11.9. The molecule has 0 saturated heterocycles. The van der Waals surface area contributed by atoms with Gasteiger partial charge in [0.05, 0.1) is 28.8 Å². The zero-order chi connectivity index (χ0) is 16.7. The number of amides is 2. The van der Waals surface area contributed by atoms with Crippen LogP contribution in [-0.2, 0) is 9.59 Å². The van der Waals surface area contributed by atoms with E-state index in [1.165, 1.54) is 6.07 Å². The lowest BCUT2D eigenvalue weighted by Crippen LogP contribution is -2.42. The zero-order valence-electron chi connectivity index (χ0n) is 11.4. The Hall–Kier alpha value is -2.23. The largest absolute Gasteiger partial charge is 0.395 e. The van der Waals surface area contributed by atoms with Crippen LogP contribution in [0, 0.1) is 10.1 Å². The monoisotopic (exact) mass is 331 g/mol. The molecule has 0 aliphatic rings. The van der Waals surface area contributed by atoms with Crippen LogP contribution in [0.1, 0.15) is 0 Å². The summed E-state index contributed by atoms with van der Waals surface area (Å²) in [5.41, 5.74) is -0.378. The SMILES string of the molecule is O=C(Nc1cc([N+](=O)[O-])ccc1Cl)C(=O)N(CCO)CCO. The van der Waals surface area contributed by atoms with Gasteiger partial charge in [-0.15, -0.1) is 0 Å². The maximum Gasteiger partial charge on any atom is 0.313 e. The number of nitrogens with zero attached hydrogens (tertiary/aromatic N) is 2. The summed E-state index contributed by atoms with van der Waals surface area (Å²) in [5, 5.41) is 30.5. The minimum atomic E-state index is -1.08. The van der Waals surface area contributed by atoms with Crippen molar-refractivity contribution in [2.24, 2.45) is 0 Å². The van der Waals surface area contributed by atoms with Crippen LogP contribution in [0.15, 0.2) is 18.2 Å². The van der Waals surface area contributed by atoms with Crippen molar-refractivity contribution in [1.82, 2.24) is 4.90 Å². The summed E-state index contributed by atoms with van der Waals surface area (Å²) in [6, 6.07) is 3.40. The lowest BCUT2D eigenvalue weighted by molar-refractivity contribution is -0.384. The van der Waals surface area contributed by atoms with Gasteiger partial charge >= 0.3 is 11.8 Å². The van der Waals surface area contributed by atoms with Crippen LogP contribution in [0.3, 0.4) is 0 Å². The van der Waals surface area contributed by atoms with Crippen molar-refractivity contribution in [3.63, 3.8) is 0 Å². The Balaban J connectivity index is 2.89. The first-order valence-corrected chi connectivity index (χ1v) is 6.54. The van der Waals surface area contributed by atoms with Crippen molar-refractivity contribution in [2.75, 3.05) is 31.6 Å². The van der Waals surface area contributed by atoms with E-state index >= 15 is 0 Å². The normalized spacial score (nSPS) is 10.1. The third kappa shape index (κ3) is 4.65. The van der Waals surface area contributed by atoms with Gasteiger partial charge < -0.3 is 20.4 Å². The first-order chi connectivity index (χ1) is 10.4. The quantitative estimate of drug-likeness (QED) is 0.382. The molecule has 0 fully saturated rings. The molecule has 0 bridgehead atoms. The van der Waals surface area contributed by atoms with E-state index in [-0.39, 0.29) is 42.7 Å². The molecule has 1 aromatic rings. The lowest BCUT2D eigenvalue weighted by atomic mass is 10.2. The van der Waals surface area contributed by atoms with Crippen molar-refractivity contribution in [2.45, 2.75) is 0 Å². The standard InChI is InChI=1S/C12H14ClN3O6/c13-9-2-1-8(16(21)22)7-10(9)14-11(19)12(20)15(3-5-17)4-6-18/h1-2,7,17-18H,3-6H2,(H,14,19). The van der Waals surface area contributed by atoms with E-state index in [0.717, 1.165) is 17.0 Å². The molecule has 0 atom stereocenters. The Morgan fingerprint density at radius 1 is 1.27 bits per heavy atom. The molecule has 22 heavy (non-hydrogen) atoms. The maximum absolute atomic E-state index is 11.9. The number of rotatable bonds is 6. The minimum absolute atomic E-state index is 0.0302. The van der Waals surface area contributed by atoms with Crippen LogP contribution < -0.4 is 5.32 Å². The van der Waals surface area contributed by atoms with Crippen molar-refractivity contribution in [3.8, 4) is 0 Å². The number of non-ortho nitro benzene ring substituents is 1. The minimum Gasteiger partial charge on any atom is -0.395 e. The Kier molecular flexibility index (Phi) is 6.70. The van der Waals surface area contributed by atoms with E-state index in [9.17, 15) is 19.7 Å². The number of hydrogen-bond acceptors (Lipinski definition) is 6. The molecular weight excluding hydrogens is 318 g/mol. The molecule has 0 aliphatic carbocycles. The summed E-state index contributed by atoms with van der Waals surface area (Å²) < 4.78 is 0. The molecule has 0 saturated carbocycles. The van der Waals surface area contributed by atoms with Gasteiger partial charge in [-0.2, -0.15) is 0 Å². The molecule has 3 N–H and O–H groups in total. The molecule has 0 aliphatic heterocycles. The van der Waals surface area contributed by atoms with Gasteiger partial charge in [0.15, 0.2) is 0 Å². The summed E-state index contributed by atoms with van der Waals surface area (Å²) in [5.74, 6) is -2.07. The zero-order valence-corrected chi connectivity index (χ0v) is 12.1. The molecule has 0 spiro atoms. The van der Waals surface area contributed by atoms with Crippen molar-refractivity contribution >= 4 is 34.8 Å². The molecule has 0 radical (unpaired) electrons. The van der Waals surface area contributed by atoms with Gasteiger partial charge in [-0.1, -0.05) is 11.6 Å². The first-order valence-electron chi connectivity index (χ1n) is 6.16. The summed E-state index contributed by atoms with van der Waals surface area (Å²) >= 11 is 5.81. The Labute approximate surface area is 130 Å². The van der Waals surface area contributed by atoms with E-state index < -0.39 is 16.7 Å². The van der Waals surface area contributed by atoms with E-state index in [1.807, 2.05) is 0 Å². The average molecular weight is 332 g/mol. The Morgan fingerprint density at radius 3 is 2.36 bits per heavy atom. The second-order valence-electron chi connectivity index (χ2n) is 4.11. The Bertz CT molecular complexity index is 574. The number of carbonyl (C=O) groups excluding carboxylic acids is 2. The Morgan fingerprint density at radius 2 is 1.86 bits per heavy atom. The van der Waals surface area contributed by atoms with Crippen LogP contribution in [0.2, 0.25) is 5.02 Å². The third-order valence-electron chi connectivity index (χ3n) is 2.63. The van der Waals surface area contributed by atoms with Gasteiger partial charge in [0.25, 0.3) is 5.69 Å². The van der Waals surface area contributed by atoms with Crippen LogP contribution in [0.25, 0.3) is 0 Å². The molecular formula is C12H14ClN3O6.